The molecule has 2 rings (SSSR count). The highest BCUT2D eigenvalue weighted by Gasteiger charge is 2.41. The first-order valence-electron chi connectivity index (χ1n) is 4.62. The highest BCUT2D eigenvalue weighted by Crippen LogP contribution is 2.48. The van der Waals surface area contributed by atoms with E-state index in [9.17, 15) is 0 Å². The fourth-order valence-corrected chi connectivity index (χ4v) is 1.87. The summed E-state index contributed by atoms with van der Waals surface area (Å²) in [5.41, 5.74) is 6.02. The highest BCUT2D eigenvalue weighted by atomic mass is 16.3. The van der Waals surface area contributed by atoms with Crippen LogP contribution in [0.25, 0.3) is 0 Å². The molecule has 0 spiro atoms. The molecule has 3 atom stereocenters. The molecule has 2 N–H and O–H groups in total. The Morgan fingerprint density at radius 1 is 1.75 bits per heavy atom. The van der Waals surface area contributed by atoms with E-state index in [4.69, 9.17) is 10.2 Å². The third-order valence-electron chi connectivity index (χ3n) is 2.83. The molecular weight excluding hydrogens is 150 g/mol. The predicted molar refractivity (Wildman–Crippen MR) is 47.5 cm³/mol. The highest BCUT2D eigenvalue weighted by molar-refractivity contribution is 5.09. The van der Waals surface area contributed by atoms with Crippen LogP contribution < -0.4 is 5.73 Å². The number of hydrogen-bond donors (Lipinski definition) is 1. The van der Waals surface area contributed by atoms with Gasteiger partial charge in [-0.05, 0) is 30.4 Å². The van der Waals surface area contributed by atoms with Crippen molar-refractivity contribution in [1.29, 1.82) is 0 Å². The summed E-state index contributed by atoms with van der Waals surface area (Å²) in [6, 6.07) is 4.00. The zero-order chi connectivity index (χ0) is 8.55. The van der Waals surface area contributed by atoms with Gasteiger partial charge in [0, 0.05) is 0 Å². The molecule has 2 heteroatoms. The number of furan rings is 1. The second-order valence-corrected chi connectivity index (χ2v) is 3.61. The van der Waals surface area contributed by atoms with Gasteiger partial charge < -0.3 is 10.2 Å². The fraction of sp³-hybridized carbons (Fsp3) is 0.600. The van der Waals surface area contributed by atoms with E-state index in [0.717, 1.165) is 11.7 Å². The Hall–Kier alpha value is -0.760. The zero-order valence-corrected chi connectivity index (χ0v) is 7.36. The minimum absolute atomic E-state index is 0.130. The summed E-state index contributed by atoms with van der Waals surface area (Å²) in [7, 11) is 0. The molecule has 1 saturated carbocycles. The third-order valence-corrected chi connectivity index (χ3v) is 2.83. The van der Waals surface area contributed by atoms with Gasteiger partial charge in [0.1, 0.15) is 5.76 Å². The van der Waals surface area contributed by atoms with E-state index in [2.05, 4.69) is 6.92 Å². The van der Waals surface area contributed by atoms with E-state index in [0.29, 0.717) is 5.92 Å². The van der Waals surface area contributed by atoms with Gasteiger partial charge in [-0.1, -0.05) is 13.3 Å². The normalized spacial score (nSPS) is 30.2. The van der Waals surface area contributed by atoms with E-state index < -0.39 is 0 Å². The van der Waals surface area contributed by atoms with E-state index in [1.54, 1.807) is 6.26 Å². The zero-order valence-electron chi connectivity index (χ0n) is 7.36. The van der Waals surface area contributed by atoms with Gasteiger partial charge in [0.05, 0.1) is 12.3 Å². The number of rotatable bonds is 3. The summed E-state index contributed by atoms with van der Waals surface area (Å²) in [4.78, 5) is 0. The second-order valence-electron chi connectivity index (χ2n) is 3.61. The maximum absolute atomic E-state index is 6.02. The average Bonchev–Trinajstić information content (AvgIpc) is 2.68. The van der Waals surface area contributed by atoms with Crippen LogP contribution in [-0.4, -0.2) is 0 Å². The molecule has 1 aliphatic carbocycles. The molecule has 1 aromatic heterocycles. The summed E-state index contributed by atoms with van der Waals surface area (Å²) in [5.74, 6) is 2.45. The first-order chi connectivity index (χ1) is 5.83. The van der Waals surface area contributed by atoms with Crippen LogP contribution in [0.2, 0.25) is 0 Å². The van der Waals surface area contributed by atoms with Crippen molar-refractivity contribution in [3.8, 4) is 0 Å². The topological polar surface area (TPSA) is 39.2 Å². The van der Waals surface area contributed by atoms with Crippen LogP contribution in [0.4, 0.5) is 0 Å². The molecule has 1 fully saturated rings. The van der Waals surface area contributed by atoms with E-state index in [-0.39, 0.29) is 6.04 Å². The summed E-state index contributed by atoms with van der Waals surface area (Å²) < 4.78 is 5.26. The Balaban J connectivity index is 1.99. The molecule has 0 amide bonds. The van der Waals surface area contributed by atoms with Crippen molar-refractivity contribution in [1.82, 2.24) is 0 Å². The van der Waals surface area contributed by atoms with Gasteiger partial charge in [-0.3, -0.25) is 0 Å². The molecule has 1 aromatic rings. The minimum atomic E-state index is 0.130. The Kier molecular flexibility index (Phi) is 1.93. The maximum Gasteiger partial charge on any atom is 0.120 e. The van der Waals surface area contributed by atoms with Crippen molar-refractivity contribution in [2.45, 2.75) is 25.8 Å². The molecule has 0 aliphatic heterocycles. The van der Waals surface area contributed by atoms with E-state index in [1.807, 2.05) is 12.1 Å². The van der Waals surface area contributed by atoms with Crippen molar-refractivity contribution in [3.63, 3.8) is 0 Å². The minimum Gasteiger partial charge on any atom is -0.468 e. The molecule has 1 aliphatic rings. The molecular formula is C10H15NO. The summed E-state index contributed by atoms with van der Waals surface area (Å²) >= 11 is 0. The van der Waals surface area contributed by atoms with E-state index >= 15 is 0 Å². The first-order valence-corrected chi connectivity index (χ1v) is 4.62. The Bertz CT molecular complexity index is 242. The lowest BCUT2D eigenvalue weighted by molar-refractivity contribution is 0.429. The SMILES string of the molecule is CC[C@@H]1C[C@H]1C(N)c1ccco1. The Morgan fingerprint density at radius 3 is 3.08 bits per heavy atom. The quantitative estimate of drug-likeness (QED) is 0.746. The maximum atomic E-state index is 6.02. The molecule has 2 nitrogen and oxygen atoms in total. The molecule has 0 aromatic carbocycles. The predicted octanol–water partition coefficient (Wildman–Crippen LogP) is 2.33. The molecule has 0 saturated heterocycles. The largest absolute Gasteiger partial charge is 0.468 e. The Morgan fingerprint density at radius 2 is 2.58 bits per heavy atom. The Labute approximate surface area is 72.7 Å². The number of nitrogens with two attached hydrogens (primary N) is 1. The van der Waals surface area contributed by atoms with Crippen molar-refractivity contribution in [3.05, 3.63) is 24.2 Å². The first kappa shape index (κ1) is 7.87. The van der Waals surface area contributed by atoms with Crippen molar-refractivity contribution in [2.75, 3.05) is 0 Å². The van der Waals surface area contributed by atoms with Gasteiger partial charge in [-0.2, -0.15) is 0 Å². The van der Waals surface area contributed by atoms with E-state index in [1.165, 1.54) is 12.8 Å². The molecule has 1 heterocycles. The van der Waals surface area contributed by atoms with Crippen molar-refractivity contribution in [2.24, 2.45) is 17.6 Å². The molecule has 1 unspecified atom stereocenters. The molecule has 12 heavy (non-hydrogen) atoms. The lowest BCUT2D eigenvalue weighted by Gasteiger charge is -2.06. The van der Waals surface area contributed by atoms with Gasteiger partial charge in [0.15, 0.2) is 0 Å². The second kappa shape index (κ2) is 2.94. The van der Waals surface area contributed by atoms with Crippen LogP contribution in [-0.2, 0) is 0 Å². The van der Waals surface area contributed by atoms with Gasteiger partial charge in [-0.25, -0.2) is 0 Å². The van der Waals surface area contributed by atoms with Crippen LogP contribution in [0, 0.1) is 11.8 Å². The van der Waals surface area contributed by atoms with Crippen LogP contribution in [0.3, 0.4) is 0 Å². The van der Waals surface area contributed by atoms with Crippen LogP contribution >= 0.6 is 0 Å². The fourth-order valence-electron chi connectivity index (χ4n) is 1.87. The van der Waals surface area contributed by atoms with Crippen molar-refractivity contribution < 1.29 is 4.42 Å². The summed E-state index contributed by atoms with van der Waals surface area (Å²) in [6.45, 7) is 2.22. The molecule has 66 valence electrons. The van der Waals surface area contributed by atoms with Gasteiger partial charge in [0.2, 0.25) is 0 Å². The van der Waals surface area contributed by atoms with Crippen LogP contribution in [0.5, 0.6) is 0 Å². The third kappa shape index (κ3) is 1.27. The average molecular weight is 165 g/mol. The van der Waals surface area contributed by atoms with Crippen LogP contribution in [0.15, 0.2) is 22.8 Å². The van der Waals surface area contributed by atoms with Crippen molar-refractivity contribution >= 4 is 0 Å². The van der Waals surface area contributed by atoms with Gasteiger partial charge in [0.25, 0.3) is 0 Å². The molecule has 0 radical (unpaired) electrons. The van der Waals surface area contributed by atoms with Gasteiger partial charge >= 0.3 is 0 Å². The summed E-state index contributed by atoms with van der Waals surface area (Å²) in [5, 5.41) is 0. The lowest BCUT2D eigenvalue weighted by atomic mass is 10.1. The summed E-state index contributed by atoms with van der Waals surface area (Å²) in [6.07, 6.45) is 4.22. The monoisotopic (exact) mass is 165 g/mol. The smallest absolute Gasteiger partial charge is 0.120 e. The number of hydrogen-bond acceptors (Lipinski definition) is 2. The van der Waals surface area contributed by atoms with Crippen LogP contribution in [0.1, 0.15) is 31.6 Å². The van der Waals surface area contributed by atoms with Gasteiger partial charge in [-0.15, -0.1) is 0 Å². The standard InChI is InChI=1S/C10H15NO/c1-2-7-6-8(7)10(11)9-4-3-5-12-9/h3-5,7-8,10H,2,6,11H2,1H3/t7-,8-,10?/m1/s1. The lowest BCUT2D eigenvalue weighted by Crippen LogP contribution is -2.12. The molecule has 0 bridgehead atoms.